The van der Waals surface area contributed by atoms with E-state index in [1.165, 1.54) is 17.7 Å². The Hall–Kier alpha value is -1.96. The first-order valence-electron chi connectivity index (χ1n) is 7.12. The third-order valence-electron chi connectivity index (χ3n) is 4.22. The maximum Gasteiger partial charge on any atom is 0.173 e. The van der Waals surface area contributed by atoms with Crippen LogP contribution in [0.15, 0.2) is 36.4 Å². The van der Waals surface area contributed by atoms with E-state index in [0.29, 0.717) is 0 Å². The van der Waals surface area contributed by atoms with Gasteiger partial charge in [0.05, 0.1) is 5.41 Å². The Morgan fingerprint density at radius 3 is 2.00 bits per heavy atom. The molecule has 0 aromatic heterocycles. The second-order valence-corrected chi connectivity index (χ2v) is 6.21. The van der Waals surface area contributed by atoms with Gasteiger partial charge in [-0.25, -0.2) is 4.39 Å². The van der Waals surface area contributed by atoms with E-state index in [1.54, 1.807) is 12.1 Å². The third-order valence-corrected chi connectivity index (χ3v) is 4.22. The highest BCUT2D eigenvalue weighted by Crippen LogP contribution is 2.30. The van der Waals surface area contributed by atoms with Crippen molar-refractivity contribution in [1.29, 1.82) is 0 Å². The molecule has 0 radical (unpaired) electrons. The summed E-state index contributed by atoms with van der Waals surface area (Å²) in [5, 5.41) is 0. The van der Waals surface area contributed by atoms with Gasteiger partial charge < -0.3 is 0 Å². The van der Waals surface area contributed by atoms with Gasteiger partial charge in [-0.2, -0.15) is 0 Å². The molecule has 0 atom stereocenters. The van der Waals surface area contributed by atoms with Gasteiger partial charge in [-0.05, 0) is 75.1 Å². The average molecular weight is 284 g/mol. The van der Waals surface area contributed by atoms with Gasteiger partial charge in [-0.3, -0.25) is 4.79 Å². The highest BCUT2D eigenvalue weighted by molar-refractivity contribution is 6.04. The van der Waals surface area contributed by atoms with Crippen LogP contribution >= 0.6 is 0 Å². The lowest BCUT2D eigenvalue weighted by atomic mass is 9.76. The molecule has 0 saturated heterocycles. The van der Waals surface area contributed by atoms with E-state index in [-0.39, 0.29) is 11.6 Å². The van der Waals surface area contributed by atoms with E-state index in [4.69, 9.17) is 0 Å². The predicted octanol–water partition coefficient (Wildman–Crippen LogP) is 4.91. The van der Waals surface area contributed by atoms with E-state index < -0.39 is 5.41 Å². The van der Waals surface area contributed by atoms with Gasteiger partial charge in [-0.15, -0.1) is 0 Å². The number of benzene rings is 2. The lowest BCUT2D eigenvalue weighted by molar-refractivity contribution is 0.0908. The third kappa shape index (κ3) is 2.90. The van der Waals surface area contributed by atoms with Crippen LogP contribution in [0.25, 0.3) is 0 Å². The molecule has 0 aliphatic carbocycles. The predicted molar refractivity (Wildman–Crippen MR) is 84.4 cm³/mol. The van der Waals surface area contributed by atoms with Crippen molar-refractivity contribution in [2.75, 3.05) is 0 Å². The van der Waals surface area contributed by atoms with Crippen molar-refractivity contribution in [3.8, 4) is 0 Å². The van der Waals surface area contributed by atoms with Gasteiger partial charge in [0.2, 0.25) is 0 Å². The lowest BCUT2D eigenvalue weighted by Crippen LogP contribution is -2.29. The fraction of sp³-hybridized carbons (Fsp3) is 0.316. The number of hydrogen-bond acceptors (Lipinski definition) is 1. The summed E-state index contributed by atoms with van der Waals surface area (Å²) < 4.78 is 13.1. The molecular formula is C19H21FO. The number of carbonyl (C=O) groups excluding carboxylic acids is 1. The Labute approximate surface area is 125 Å². The number of ketones is 1. The second kappa shape index (κ2) is 5.44. The summed E-state index contributed by atoms with van der Waals surface area (Å²) in [5.74, 6) is -0.223. The molecule has 0 bridgehead atoms. The maximum absolute atomic E-state index is 13.1. The molecule has 21 heavy (non-hydrogen) atoms. The monoisotopic (exact) mass is 284 g/mol. The van der Waals surface area contributed by atoms with Crippen molar-refractivity contribution in [1.82, 2.24) is 0 Å². The molecule has 0 aliphatic rings. The summed E-state index contributed by atoms with van der Waals surface area (Å²) in [6.07, 6.45) is 0. The smallest absolute Gasteiger partial charge is 0.173 e. The van der Waals surface area contributed by atoms with Crippen molar-refractivity contribution < 1.29 is 9.18 Å². The van der Waals surface area contributed by atoms with Crippen LogP contribution in [0.5, 0.6) is 0 Å². The summed E-state index contributed by atoms with van der Waals surface area (Å²) in [5.41, 5.74) is 4.17. The number of halogens is 1. The molecule has 2 heteroatoms. The molecule has 0 heterocycles. The normalized spacial score (nSPS) is 11.5. The molecule has 0 amide bonds. The van der Waals surface area contributed by atoms with Gasteiger partial charge in [-0.1, -0.05) is 18.2 Å². The molecule has 0 spiro atoms. The standard InChI is InChI=1S/C19H21FO/c1-12-10-14(3)17(11-13(12)2)18(21)19(4,5)15-6-8-16(20)9-7-15/h6-11H,1-5H3. The summed E-state index contributed by atoms with van der Waals surface area (Å²) in [6, 6.07) is 10.2. The van der Waals surface area contributed by atoms with Crippen molar-refractivity contribution in [2.45, 2.75) is 40.0 Å². The first-order chi connectivity index (χ1) is 9.73. The fourth-order valence-corrected chi connectivity index (χ4v) is 2.54. The largest absolute Gasteiger partial charge is 0.293 e. The number of carbonyl (C=O) groups is 1. The van der Waals surface area contributed by atoms with E-state index in [2.05, 4.69) is 0 Å². The average Bonchev–Trinajstić information content (AvgIpc) is 2.42. The van der Waals surface area contributed by atoms with Crippen LogP contribution in [0.1, 0.15) is 46.5 Å². The van der Waals surface area contributed by atoms with Crippen LogP contribution in [-0.4, -0.2) is 5.78 Å². The SMILES string of the molecule is Cc1cc(C)c(C(=O)C(C)(C)c2ccc(F)cc2)cc1C. The van der Waals surface area contributed by atoms with E-state index in [9.17, 15) is 9.18 Å². The van der Waals surface area contributed by atoms with Gasteiger partial charge in [0.25, 0.3) is 0 Å². The molecule has 0 unspecified atom stereocenters. The second-order valence-electron chi connectivity index (χ2n) is 6.21. The van der Waals surface area contributed by atoms with Gasteiger partial charge >= 0.3 is 0 Å². The van der Waals surface area contributed by atoms with Crippen molar-refractivity contribution in [3.63, 3.8) is 0 Å². The molecule has 0 fully saturated rings. The Morgan fingerprint density at radius 2 is 1.43 bits per heavy atom. The summed E-state index contributed by atoms with van der Waals surface area (Å²) in [7, 11) is 0. The zero-order valence-corrected chi connectivity index (χ0v) is 13.3. The highest BCUT2D eigenvalue weighted by atomic mass is 19.1. The molecule has 0 saturated carbocycles. The lowest BCUT2D eigenvalue weighted by Gasteiger charge is -2.25. The number of Topliss-reactive ketones (excluding diaryl/α,β-unsaturated/α-hetero) is 1. The number of rotatable bonds is 3. The Morgan fingerprint density at radius 1 is 0.905 bits per heavy atom. The van der Waals surface area contributed by atoms with Crippen molar-refractivity contribution in [2.24, 2.45) is 0 Å². The first kappa shape index (κ1) is 15.4. The minimum Gasteiger partial charge on any atom is -0.293 e. The quantitative estimate of drug-likeness (QED) is 0.732. The van der Waals surface area contributed by atoms with Crippen LogP contribution in [-0.2, 0) is 5.41 Å². The molecule has 1 nitrogen and oxygen atoms in total. The van der Waals surface area contributed by atoms with Crippen LogP contribution in [0.3, 0.4) is 0 Å². The van der Waals surface area contributed by atoms with Crippen LogP contribution in [0.4, 0.5) is 4.39 Å². The number of aryl methyl sites for hydroxylation is 3. The highest BCUT2D eigenvalue weighted by Gasteiger charge is 2.31. The molecule has 0 aliphatic heterocycles. The zero-order valence-electron chi connectivity index (χ0n) is 13.3. The van der Waals surface area contributed by atoms with Gasteiger partial charge in [0.15, 0.2) is 5.78 Å². The molecule has 2 rings (SSSR count). The van der Waals surface area contributed by atoms with Gasteiger partial charge in [0.1, 0.15) is 5.82 Å². The van der Waals surface area contributed by atoms with Crippen molar-refractivity contribution >= 4 is 5.78 Å². The summed E-state index contributed by atoms with van der Waals surface area (Å²) in [4.78, 5) is 12.9. The van der Waals surface area contributed by atoms with Gasteiger partial charge in [0, 0.05) is 5.56 Å². The van der Waals surface area contributed by atoms with Crippen LogP contribution < -0.4 is 0 Å². The molecule has 2 aromatic carbocycles. The fourth-order valence-electron chi connectivity index (χ4n) is 2.54. The molecule has 2 aromatic rings. The topological polar surface area (TPSA) is 17.1 Å². The van der Waals surface area contributed by atoms with Crippen LogP contribution in [0.2, 0.25) is 0 Å². The van der Waals surface area contributed by atoms with Crippen molar-refractivity contribution in [3.05, 3.63) is 70.0 Å². The van der Waals surface area contributed by atoms with E-state index >= 15 is 0 Å². The Balaban J connectivity index is 2.47. The first-order valence-corrected chi connectivity index (χ1v) is 7.12. The maximum atomic E-state index is 13.1. The summed E-state index contributed by atoms with van der Waals surface area (Å²) in [6.45, 7) is 9.78. The Kier molecular flexibility index (Phi) is 3.99. The van der Waals surface area contributed by atoms with E-state index in [0.717, 1.165) is 22.3 Å². The summed E-state index contributed by atoms with van der Waals surface area (Å²) >= 11 is 0. The van der Waals surface area contributed by atoms with Crippen LogP contribution in [0, 0.1) is 26.6 Å². The number of hydrogen-bond donors (Lipinski definition) is 0. The minimum absolute atomic E-state index is 0.0645. The molecular weight excluding hydrogens is 263 g/mol. The Bertz CT molecular complexity index is 681. The van der Waals surface area contributed by atoms with E-state index in [1.807, 2.05) is 46.8 Å². The molecule has 0 N–H and O–H groups in total. The molecule has 110 valence electrons. The minimum atomic E-state index is -0.680. The zero-order chi connectivity index (χ0) is 15.8.